The molecule has 3 aromatic carbocycles. The predicted octanol–water partition coefficient (Wildman–Crippen LogP) is 5.20. The summed E-state index contributed by atoms with van der Waals surface area (Å²) in [4.78, 5) is 24.5. The summed E-state index contributed by atoms with van der Waals surface area (Å²) < 4.78 is 30.2. The molecule has 0 saturated heterocycles. The number of halogens is 2. The van der Waals surface area contributed by atoms with E-state index in [-0.39, 0.29) is 23.5 Å². The molecule has 4 aromatic rings. The second kappa shape index (κ2) is 8.59. The normalized spacial score (nSPS) is 10.8. The molecule has 0 spiro atoms. The van der Waals surface area contributed by atoms with Crippen molar-refractivity contribution < 1.29 is 13.6 Å². The van der Waals surface area contributed by atoms with Gasteiger partial charge in [-0.2, -0.15) is 0 Å². The van der Waals surface area contributed by atoms with Gasteiger partial charge in [-0.3, -0.25) is 9.59 Å². The number of nitrogens with zero attached hydrogens (tertiary/aromatic N) is 1. The Balaban J connectivity index is 1.97. The Hall–Kier alpha value is -4.06. The van der Waals surface area contributed by atoms with E-state index in [1.165, 1.54) is 22.8 Å². The summed E-state index contributed by atoms with van der Waals surface area (Å²) in [5, 5.41) is 3.95. The highest BCUT2D eigenvalue weighted by Crippen LogP contribution is 2.33. The van der Waals surface area contributed by atoms with Crippen LogP contribution in [0, 0.1) is 11.6 Å². The third-order valence-corrected chi connectivity index (χ3v) is 5.37. The molecule has 1 aromatic heterocycles. The number of pyridine rings is 1. The Morgan fingerprint density at radius 2 is 1.69 bits per heavy atom. The molecule has 0 aliphatic carbocycles. The van der Waals surface area contributed by atoms with E-state index in [0.29, 0.717) is 33.2 Å². The van der Waals surface area contributed by atoms with Gasteiger partial charge in [0.1, 0.15) is 11.6 Å². The first-order valence-electron chi connectivity index (χ1n) is 9.97. The molecule has 1 N–H and O–H groups in total. The lowest BCUT2D eigenvalue weighted by atomic mass is 9.92. The molecular formula is C26H20F2N2O2. The Labute approximate surface area is 183 Å². The number of anilines is 1. The van der Waals surface area contributed by atoms with Crippen LogP contribution in [0.25, 0.3) is 21.9 Å². The van der Waals surface area contributed by atoms with Crippen LogP contribution in [0.1, 0.15) is 11.1 Å². The number of fused-ring (bicyclic) bond motifs is 1. The van der Waals surface area contributed by atoms with Crippen molar-refractivity contribution in [3.05, 3.63) is 113 Å². The van der Waals surface area contributed by atoms with E-state index < -0.39 is 11.6 Å². The second-order valence-corrected chi connectivity index (χ2v) is 7.45. The molecule has 0 aliphatic heterocycles. The number of aryl methyl sites for hydroxylation is 1. The molecule has 0 bridgehead atoms. The summed E-state index contributed by atoms with van der Waals surface area (Å²) in [6, 6.07) is 16.1. The summed E-state index contributed by atoms with van der Waals surface area (Å²) in [5.74, 6) is -1.65. The smallest absolute Gasteiger partial charge is 0.258 e. The molecule has 6 heteroatoms. The number of aromatic nitrogens is 1. The van der Waals surface area contributed by atoms with E-state index in [0.717, 1.165) is 6.08 Å². The van der Waals surface area contributed by atoms with E-state index in [9.17, 15) is 18.4 Å². The molecule has 4 nitrogen and oxygen atoms in total. The number of rotatable bonds is 5. The minimum Gasteiger partial charge on any atom is -0.323 e. The Morgan fingerprint density at radius 1 is 1.00 bits per heavy atom. The van der Waals surface area contributed by atoms with Gasteiger partial charge in [-0.15, -0.1) is 0 Å². The predicted molar refractivity (Wildman–Crippen MR) is 123 cm³/mol. The highest BCUT2D eigenvalue weighted by atomic mass is 19.1. The highest BCUT2D eigenvalue weighted by molar-refractivity contribution is 6.01. The SMILES string of the molecule is C=CC(=O)Nc1ccc(Cc2c(F)cccc2F)c(-c2cn(C)c(=O)c3ccccc23)c1. The average Bonchev–Trinajstić information content (AvgIpc) is 2.79. The number of carbonyl (C=O) groups excluding carboxylic acids is 1. The molecule has 32 heavy (non-hydrogen) atoms. The van der Waals surface area contributed by atoms with Crippen LogP contribution in [0.15, 0.2) is 84.3 Å². The van der Waals surface area contributed by atoms with E-state index in [1.54, 1.807) is 43.6 Å². The van der Waals surface area contributed by atoms with E-state index in [4.69, 9.17) is 0 Å². The van der Waals surface area contributed by atoms with Crippen LogP contribution in [0.2, 0.25) is 0 Å². The molecule has 4 rings (SSSR count). The zero-order chi connectivity index (χ0) is 22.8. The number of carbonyl (C=O) groups is 1. The molecule has 0 saturated carbocycles. The number of benzene rings is 3. The van der Waals surface area contributed by atoms with Gasteiger partial charge in [0.05, 0.1) is 0 Å². The largest absolute Gasteiger partial charge is 0.323 e. The average molecular weight is 430 g/mol. The first-order chi connectivity index (χ1) is 15.4. The molecule has 0 fully saturated rings. The van der Waals surface area contributed by atoms with Crippen LogP contribution < -0.4 is 10.9 Å². The van der Waals surface area contributed by atoms with Gasteiger partial charge in [0, 0.05) is 41.9 Å². The molecule has 0 radical (unpaired) electrons. The van der Waals surface area contributed by atoms with Gasteiger partial charge < -0.3 is 9.88 Å². The minimum absolute atomic E-state index is 0.000687. The summed E-state index contributed by atoms with van der Waals surface area (Å²) in [6.45, 7) is 3.46. The zero-order valence-electron chi connectivity index (χ0n) is 17.4. The Morgan fingerprint density at radius 3 is 2.38 bits per heavy atom. The third kappa shape index (κ3) is 3.95. The first kappa shape index (κ1) is 21.2. The van der Waals surface area contributed by atoms with Gasteiger partial charge in [-0.1, -0.05) is 36.9 Å². The molecule has 1 heterocycles. The third-order valence-electron chi connectivity index (χ3n) is 5.37. The van der Waals surface area contributed by atoms with Gasteiger partial charge in [0.25, 0.3) is 5.56 Å². The quantitative estimate of drug-likeness (QED) is 0.443. The summed E-state index contributed by atoms with van der Waals surface area (Å²) in [6.07, 6.45) is 2.85. The Kier molecular flexibility index (Phi) is 5.69. The standard InChI is InChI=1S/C26H20F2N2O2/c1-3-25(31)29-17-12-11-16(13-21-23(27)9-6-10-24(21)28)20(14-17)22-15-30(2)26(32)19-8-5-4-7-18(19)22/h3-12,14-15H,1,13H2,2H3,(H,29,31). The zero-order valence-corrected chi connectivity index (χ0v) is 17.4. The van der Waals surface area contributed by atoms with Crippen LogP contribution in [0.5, 0.6) is 0 Å². The molecule has 0 unspecified atom stereocenters. The summed E-state index contributed by atoms with van der Waals surface area (Å²) >= 11 is 0. The van der Waals surface area contributed by atoms with Crippen molar-refractivity contribution in [3.63, 3.8) is 0 Å². The van der Waals surface area contributed by atoms with Gasteiger partial charge in [-0.05, 0) is 52.9 Å². The monoisotopic (exact) mass is 430 g/mol. The van der Waals surface area contributed by atoms with Crippen LogP contribution >= 0.6 is 0 Å². The minimum atomic E-state index is -0.634. The van der Waals surface area contributed by atoms with Crippen molar-refractivity contribution >= 4 is 22.4 Å². The number of amides is 1. The highest BCUT2D eigenvalue weighted by Gasteiger charge is 2.17. The van der Waals surface area contributed by atoms with Crippen molar-refractivity contribution in [3.8, 4) is 11.1 Å². The first-order valence-corrected chi connectivity index (χ1v) is 9.97. The number of hydrogen-bond donors (Lipinski definition) is 1. The van der Waals surface area contributed by atoms with E-state index >= 15 is 0 Å². The number of hydrogen-bond acceptors (Lipinski definition) is 2. The summed E-state index contributed by atoms with van der Waals surface area (Å²) in [5.41, 5.74) is 2.31. The van der Waals surface area contributed by atoms with Crippen LogP contribution in [-0.2, 0) is 18.3 Å². The van der Waals surface area contributed by atoms with Gasteiger partial charge in [-0.25, -0.2) is 8.78 Å². The van der Waals surface area contributed by atoms with Crippen molar-refractivity contribution in [1.29, 1.82) is 0 Å². The topological polar surface area (TPSA) is 51.1 Å². The lowest BCUT2D eigenvalue weighted by molar-refractivity contribution is -0.111. The van der Waals surface area contributed by atoms with E-state index in [1.807, 2.05) is 12.1 Å². The fraction of sp³-hybridized carbons (Fsp3) is 0.0769. The van der Waals surface area contributed by atoms with Gasteiger partial charge >= 0.3 is 0 Å². The van der Waals surface area contributed by atoms with Gasteiger partial charge in [0.2, 0.25) is 5.91 Å². The van der Waals surface area contributed by atoms with Crippen LogP contribution in [0.4, 0.5) is 14.5 Å². The van der Waals surface area contributed by atoms with Gasteiger partial charge in [0.15, 0.2) is 0 Å². The maximum atomic E-state index is 14.4. The van der Waals surface area contributed by atoms with Crippen molar-refractivity contribution in [1.82, 2.24) is 4.57 Å². The maximum absolute atomic E-state index is 14.4. The van der Waals surface area contributed by atoms with Crippen molar-refractivity contribution in [2.24, 2.45) is 7.05 Å². The Bertz CT molecular complexity index is 1400. The molecule has 1 amide bonds. The number of nitrogens with one attached hydrogen (secondary N) is 1. The molecule has 0 atom stereocenters. The molecular weight excluding hydrogens is 410 g/mol. The molecule has 160 valence electrons. The lowest BCUT2D eigenvalue weighted by Gasteiger charge is -2.16. The van der Waals surface area contributed by atoms with Crippen molar-refractivity contribution in [2.45, 2.75) is 6.42 Å². The van der Waals surface area contributed by atoms with E-state index in [2.05, 4.69) is 11.9 Å². The van der Waals surface area contributed by atoms with Crippen molar-refractivity contribution in [2.75, 3.05) is 5.32 Å². The summed E-state index contributed by atoms with van der Waals surface area (Å²) in [7, 11) is 1.65. The lowest BCUT2D eigenvalue weighted by Crippen LogP contribution is -2.16. The fourth-order valence-corrected chi connectivity index (χ4v) is 3.77. The fourth-order valence-electron chi connectivity index (χ4n) is 3.77. The van der Waals surface area contributed by atoms with Crippen LogP contribution in [-0.4, -0.2) is 10.5 Å². The maximum Gasteiger partial charge on any atom is 0.258 e. The molecule has 0 aliphatic rings. The second-order valence-electron chi connectivity index (χ2n) is 7.45. The van der Waals surface area contributed by atoms with Crippen LogP contribution in [0.3, 0.4) is 0 Å².